The van der Waals surface area contributed by atoms with Crippen molar-refractivity contribution >= 4 is 11.5 Å². The highest BCUT2D eigenvalue weighted by molar-refractivity contribution is 5.87. The Labute approximate surface area is 197 Å². The predicted octanol–water partition coefficient (Wildman–Crippen LogP) is 4.59. The van der Waals surface area contributed by atoms with Crippen LogP contribution in [-0.2, 0) is 14.3 Å². The maximum absolute atomic E-state index is 13.1. The van der Waals surface area contributed by atoms with Crippen LogP contribution in [0.3, 0.4) is 0 Å². The highest BCUT2D eigenvalue weighted by atomic mass is 16.7. The number of nitrogens with zero attached hydrogens (tertiary/aromatic N) is 1. The summed E-state index contributed by atoms with van der Waals surface area (Å²) >= 11 is 0. The quantitative estimate of drug-likeness (QED) is 0.667. The molecule has 4 fully saturated rings. The summed E-state index contributed by atoms with van der Waals surface area (Å²) in [5.41, 5.74) is 4.05. The summed E-state index contributed by atoms with van der Waals surface area (Å²) in [4.78, 5) is 15.3. The molecule has 5 aliphatic rings. The predicted molar refractivity (Wildman–Crippen MR) is 127 cm³/mol. The van der Waals surface area contributed by atoms with Crippen molar-refractivity contribution in [2.75, 3.05) is 32.2 Å². The van der Waals surface area contributed by atoms with Gasteiger partial charge in [0.05, 0.1) is 18.8 Å². The number of benzene rings is 1. The molecule has 5 heteroatoms. The second kappa shape index (κ2) is 7.40. The van der Waals surface area contributed by atoms with Gasteiger partial charge in [-0.2, -0.15) is 0 Å². The number of carbonyl (C=O) groups is 1. The van der Waals surface area contributed by atoms with Crippen LogP contribution < -0.4 is 4.90 Å². The molecule has 5 nitrogen and oxygen atoms in total. The van der Waals surface area contributed by atoms with Gasteiger partial charge in [0.1, 0.15) is 5.78 Å². The fourth-order valence-electron chi connectivity index (χ4n) is 8.09. The number of ether oxygens (including phenoxy) is 2. The normalized spacial score (nSPS) is 39.4. The molecule has 4 aliphatic carbocycles. The third kappa shape index (κ3) is 3.19. The van der Waals surface area contributed by atoms with E-state index in [9.17, 15) is 9.90 Å². The minimum atomic E-state index is -0.855. The zero-order chi connectivity index (χ0) is 23.0. The first-order valence-corrected chi connectivity index (χ1v) is 12.8. The standard InChI is InChI=1S/C28H37NO4/c1-26-16-21(18-4-6-19(7-5-18)29(2)3)25-20(22(26)8-9-24(26)30)10-12-27(31)17-28(13-11-23(25)27)32-14-15-33-28/h4-7,20-22,31H,8-17H2,1-3H3/t20?,21?,22?,26-,27+/m0/s1. The molecule has 3 saturated carbocycles. The average molecular weight is 452 g/mol. The molecule has 0 amide bonds. The minimum Gasteiger partial charge on any atom is -0.385 e. The van der Waals surface area contributed by atoms with Crippen molar-refractivity contribution in [3.63, 3.8) is 0 Å². The van der Waals surface area contributed by atoms with Crippen LogP contribution in [0.25, 0.3) is 0 Å². The van der Waals surface area contributed by atoms with Gasteiger partial charge in [0.2, 0.25) is 0 Å². The lowest BCUT2D eigenvalue weighted by molar-refractivity contribution is -0.208. The largest absolute Gasteiger partial charge is 0.385 e. The molecular weight excluding hydrogens is 414 g/mol. The first-order chi connectivity index (χ1) is 15.7. The van der Waals surface area contributed by atoms with Crippen LogP contribution in [0.15, 0.2) is 35.4 Å². The van der Waals surface area contributed by atoms with Crippen molar-refractivity contribution in [1.82, 2.24) is 0 Å². The number of fused-ring (bicyclic) bond motifs is 4. The van der Waals surface area contributed by atoms with Gasteiger partial charge < -0.3 is 19.5 Å². The zero-order valence-electron chi connectivity index (χ0n) is 20.2. The van der Waals surface area contributed by atoms with Crippen molar-refractivity contribution in [2.45, 2.75) is 75.6 Å². The second-order valence-corrected chi connectivity index (χ2v) is 11.6. The van der Waals surface area contributed by atoms with E-state index >= 15 is 0 Å². The maximum Gasteiger partial charge on any atom is 0.171 e. The summed E-state index contributed by atoms with van der Waals surface area (Å²) in [5, 5.41) is 12.0. The Hall–Kier alpha value is -1.69. The van der Waals surface area contributed by atoms with Crippen LogP contribution in [0, 0.1) is 17.3 Å². The molecule has 178 valence electrons. The number of anilines is 1. The van der Waals surface area contributed by atoms with E-state index in [1.807, 2.05) is 0 Å². The summed E-state index contributed by atoms with van der Waals surface area (Å²) in [6, 6.07) is 8.86. The van der Waals surface area contributed by atoms with Crippen LogP contribution in [0.1, 0.15) is 69.8 Å². The number of Topliss-reactive ketones (excluding diaryl/α,β-unsaturated/α-hetero) is 1. The van der Waals surface area contributed by atoms with Crippen LogP contribution >= 0.6 is 0 Å². The lowest BCUT2D eigenvalue weighted by Gasteiger charge is -2.55. The van der Waals surface area contributed by atoms with Gasteiger partial charge in [0, 0.05) is 50.4 Å². The molecule has 33 heavy (non-hydrogen) atoms. The second-order valence-electron chi connectivity index (χ2n) is 11.6. The molecule has 3 unspecified atom stereocenters. The number of hydrogen-bond acceptors (Lipinski definition) is 5. The molecule has 1 N–H and O–H groups in total. The van der Waals surface area contributed by atoms with Crippen LogP contribution in [-0.4, -0.2) is 49.6 Å². The van der Waals surface area contributed by atoms with Crippen molar-refractivity contribution in [3.05, 3.63) is 41.0 Å². The lowest BCUT2D eigenvalue weighted by atomic mass is 9.51. The van der Waals surface area contributed by atoms with Crippen LogP contribution in [0.4, 0.5) is 5.69 Å². The number of hydrogen-bond donors (Lipinski definition) is 1. The molecule has 0 aromatic heterocycles. The van der Waals surface area contributed by atoms with Crippen molar-refractivity contribution < 1.29 is 19.4 Å². The summed E-state index contributed by atoms with van der Waals surface area (Å²) < 4.78 is 12.0. The Morgan fingerprint density at radius 3 is 2.45 bits per heavy atom. The summed E-state index contributed by atoms with van der Waals surface area (Å²) in [5.74, 6) is 0.826. The highest BCUT2D eigenvalue weighted by Crippen LogP contribution is 2.64. The number of rotatable bonds is 2. The Balaban J connectivity index is 1.46. The first-order valence-electron chi connectivity index (χ1n) is 12.8. The Bertz CT molecular complexity index is 992. The van der Waals surface area contributed by atoms with Crippen LogP contribution in [0.5, 0.6) is 0 Å². The zero-order valence-corrected chi connectivity index (χ0v) is 20.2. The van der Waals surface area contributed by atoms with E-state index < -0.39 is 11.4 Å². The molecule has 0 bridgehead atoms. The van der Waals surface area contributed by atoms with Crippen LogP contribution in [0.2, 0.25) is 0 Å². The maximum atomic E-state index is 13.1. The molecule has 1 aromatic rings. The van der Waals surface area contributed by atoms with Gasteiger partial charge in [0.25, 0.3) is 0 Å². The molecular formula is C28H37NO4. The fourth-order valence-corrected chi connectivity index (χ4v) is 8.09. The van der Waals surface area contributed by atoms with Crippen molar-refractivity contribution in [1.29, 1.82) is 0 Å². The average Bonchev–Trinajstić information content (AvgIpc) is 3.36. The molecule has 1 aromatic carbocycles. The Morgan fingerprint density at radius 2 is 1.76 bits per heavy atom. The summed E-state index contributed by atoms with van der Waals surface area (Å²) in [7, 11) is 4.12. The Morgan fingerprint density at radius 1 is 1.03 bits per heavy atom. The topological polar surface area (TPSA) is 59.0 Å². The first kappa shape index (κ1) is 21.8. The van der Waals surface area contributed by atoms with Gasteiger partial charge in [0.15, 0.2) is 5.79 Å². The Kier molecular flexibility index (Phi) is 4.89. The van der Waals surface area contributed by atoms with Crippen molar-refractivity contribution in [2.24, 2.45) is 17.3 Å². The molecule has 1 saturated heterocycles. The van der Waals surface area contributed by atoms with E-state index in [0.717, 1.165) is 38.5 Å². The number of carbonyl (C=O) groups excluding carboxylic acids is 1. The van der Waals surface area contributed by atoms with E-state index in [1.165, 1.54) is 22.4 Å². The van der Waals surface area contributed by atoms with E-state index in [2.05, 4.69) is 50.2 Å². The van der Waals surface area contributed by atoms with Gasteiger partial charge in [-0.1, -0.05) is 24.6 Å². The van der Waals surface area contributed by atoms with Gasteiger partial charge in [-0.15, -0.1) is 0 Å². The number of ketones is 1. The van der Waals surface area contributed by atoms with Gasteiger partial charge in [-0.05, 0) is 67.2 Å². The van der Waals surface area contributed by atoms with Gasteiger partial charge in [-0.3, -0.25) is 4.79 Å². The van der Waals surface area contributed by atoms with E-state index in [-0.39, 0.29) is 11.3 Å². The SMILES string of the molecule is CN(C)c1ccc(C2C[C@]3(C)C(=O)CCC3C3CC[C@@]4(O)CC5(CCC4=C23)OCCO5)cc1. The molecule has 6 rings (SSSR count). The lowest BCUT2D eigenvalue weighted by Crippen LogP contribution is -2.53. The smallest absolute Gasteiger partial charge is 0.171 e. The van der Waals surface area contributed by atoms with Gasteiger partial charge in [-0.25, -0.2) is 0 Å². The highest BCUT2D eigenvalue weighted by Gasteiger charge is 2.60. The number of allylic oxidation sites excluding steroid dienone is 1. The van der Waals surface area contributed by atoms with E-state index in [1.54, 1.807) is 0 Å². The minimum absolute atomic E-state index is 0.191. The molecule has 1 heterocycles. The van der Waals surface area contributed by atoms with E-state index in [0.29, 0.717) is 43.7 Å². The third-order valence-electron chi connectivity index (χ3n) is 9.75. The third-order valence-corrected chi connectivity index (χ3v) is 9.75. The fraction of sp³-hybridized carbons (Fsp3) is 0.679. The van der Waals surface area contributed by atoms with Gasteiger partial charge >= 0.3 is 0 Å². The summed E-state index contributed by atoms with van der Waals surface area (Å²) in [6.07, 6.45) is 6.45. The van der Waals surface area contributed by atoms with E-state index in [4.69, 9.17) is 9.47 Å². The molecule has 1 aliphatic heterocycles. The van der Waals surface area contributed by atoms with Crippen molar-refractivity contribution in [3.8, 4) is 0 Å². The summed E-state index contributed by atoms with van der Waals surface area (Å²) in [6.45, 7) is 3.47. The molecule has 1 spiro atoms. The number of aliphatic hydroxyl groups is 1. The molecule has 0 radical (unpaired) electrons. The molecule has 5 atom stereocenters. The monoisotopic (exact) mass is 451 g/mol.